The number of amides is 1. The highest BCUT2D eigenvalue weighted by molar-refractivity contribution is 6.33. The highest BCUT2D eigenvalue weighted by atomic mass is 35.5. The Morgan fingerprint density at radius 3 is 2.21 bits per heavy atom. The van der Waals surface area contributed by atoms with E-state index in [1.54, 1.807) is 48.5 Å². The van der Waals surface area contributed by atoms with E-state index in [1.165, 1.54) is 19.2 Å². The highest BCUT2D eigenvalue weighted by Crippen LogP contribution is 2.29. The molecule has 174 valence electrons. The molecule has 8 nitrogen and oxygen atoms in total. The molecule has 0 aliphatic carbocycles. The van der Waals surface area contributed by atoms with Crippen molar-refractivity contribution < 1.29 is 24.2 Å². The summed E-state index contributed by atoms with van der Waals surface area (Å²) in [5.74, 6) is -0.432. The molecule has 0 heterocycles. The number of halogens is 2. The zero-order valence-electron chi connectivity index (χ0n) is 17.7. The smallest absolute Gasteiger partial charge is 0.338 e. The number of hydrogen-bond acceptors (Lipinski definition) is 7. The summed E-state index contributed by atoms with van der Waals surface area (Å²) in [7, 11) is 1.46. The molecule has 33 heavy (non-hydrogen) atoms. The van der Waals surface area contributed by atoms with E-state index in [2.05, 4.69) is 10.1 Å². The van der Waals surface area contributed by atoms with Crippen LogP contribution in [0.25, 0.3) is 0 Å². The first-order valence-corrected chi connectivity index (χ1v) is 10.3. The third-order valence-electron chi connectivity index (χ3n) is 4.14. The number of esters is 1. The van der Waals surface area contributed by atoms with E-state index in [4.69, 9.17) is 44.5 Å². The number of ether oxygens (including phenoxy) is 2. The van der Waals surface area contributed by atoms with E-state index in [9.17, 15) is 9.59 Å². The Morgan fingerprint density at radius 1 is 1.00 bits per heavy atom. The fourth-order valence-corrected chi connectivity index (χ4v) is 2.78. The normalized spacial score (nSPS) is 9.94. The number of carbonyl (C=O) groups is 2. The zero-order chi connectivity index (χ0) is 24.4. The van der Waals surface area contributed by atoms with Crippen LogP contribution in [-0.2, 0) is 4.74 Å². The van der Waals surface area contributed by atoms with Crippen LogP contribution in [0.2, 0.25) is 10.0 Å². The molecule has 0 radical (unpaired) electrons. The number of aliphatic hydroxyl groups excluding tert-OH is 1. The summed E-state index contributed by atoms with van der Waals surface area (Å²) in [5, 5.41) is 12.0. The molecule has 0 bridgehead atoms. The number of anilines is 3. The van der Waals surface area contributed by atoms with Crippen LogP contribution in [0.5, 0.6) is 5.75 Å². The van der Waals surface area contributed by atoms with Gasteiger partial charge in [-0.1, -0.05) is 23.2 Å². The highest BCUT2D eigenvalue weighted by Gasteiger charge is 2.15. The van der Waals surface area contributed by atoms with E-state index < -0.39 is 5.97 Å². The average Bonchev–Trinajstić information content (AvgIpc) is 2.81. The molecule has 0 saturated heterocycles. The summed E-state index contributed by atoms with van der Waals surface area (Å²) in [6.07, 6.45) is 0. The zero-order valence-corrected chi connectivity index (χ0v) is 19.2. The third-order valence-corrected chi connectivity index (χ3v) is 4.72. The SMILES string of the molecule is COc1cc(N)c(Cl)cc1C(=O)Nc1ccc(Cl)cc1.Nc1ccc(C(=O)OCCO)cc1. The predicted molar refractivity (Wildman–Crippen MR) is 130 cm³/mol. The van der Waals surface area contributed by atoms with Crippen LogP contribution in [0.4, 0.5) is 17.1 Å². The molecule has 0 unspecified atom stereocenters. The van der Waals surface area contributed by atoms with Crippen molar-refractivity contribution in [3.63, 3.8) is 0 Å². The number of nitrogen functional groups attached to an aromatic ring is 2. The summed E-state index contributed by atoms with van der Waals surface area (Å²) in [6.45, 7) is -0.149. The van der Waals surface area contributed by atoms with E-state index in [0.29, 0.717) is 44.0 Å². The largest absolute Gasteiger partial charge is 0.496 e. The van der Waals surface area contributed by atoms with Crippen molar-refractivity contribution in [2.24, 2.45) is 0 Å². The van der Waals surface area contributed by atoms with Gasteiger partial charge in [0.2, 0.25) is 0 Å². The van der Waals surface area contributed by atoms with Crippen molar-refractivity contribution in [1.29, 1.82) is 0 Å². The topological polar surface area (TPSA) is 137 Å². The van der Waals surface area contributed by atoms with Crippen molar-refractivity contribution in [3.8, 4) is 5.75 Å². The molecule has 3 aromatic rings. The molecule has 0 aromatic heterocycles. The van der Waals surface area contributed by atoms with Crippen molar-refractivity contribution in [2.45, 2.75) is 0 Å². The second-order valence-corrected chi connectivity index (χ2v) is 7.36. The number of nitrogens with two attached hydrogens (primary N) is 2. The molecule has 3 aromatic carbocycles. The lowest BCUT2D eigenvalue weighted by atomic mass is 10.1. The third kappa shape index (κ3) is 7.87. The van der Waals surface area contributed by atoms with Gasteiger partial charge in [-0.3, -0.25) is 4.79 Å². The number of rotatable bonds is 6. The van der Waals surface area contributed by atoms with E-state index in [1.807, 2.05) is 0 Å². The summed E-state index contributed by atoms with van der Waals surface area (Å²) in [4.78, 5) is 23.4. The van der Waals surface area contributed by atoms with Crippen LogP contribution in [0.15, 0.2) is 60.7 Å². The van der Waals surface area contributed by atoms with Crippen LogP contribution in [0, 0.1) is 0 Å². The summed E-state index contributed by atoms with van der Waals surface area (Å²) in [5.41, 5.74) is 13.4. The van der Waals surface area contributed by atoms with Crippen LogP contribution < -0.4 is 21.5 Å². The van der Waals surface area contributed by atoms with Crippen molar-refractivity contribution in [2.75, 3.05) is 37.1 Å². The maximum absolute atomic E-state index is 12.2. The summed E-state index contributed by atoms with van der Waals surface area (Å²) < 4.78 is 9.83. The number of aliphatic hydroxyl groups is 1. The monoisotopic (exact) mass is 491 g/mol. The van der Waals surface area contributed by atoms with Gasteiger partial charge in [-0.15, -0.1) is 0 Å². The molecule has 0 spiro atoms. The van der Waals surface area contributed by atoms with E-state index in [-0.39, 0.29) is 19.1 Å². The fraction of sp³-hybridized carbons (Fsp3) is 0.130. The molecular formula is C23H23Cl2N3O5. The Labute approximate surface area is 201 Å². The fourth-order valence-electron chi connectivity index (χ4n) is 2.49. The minimum atomic E-state index is -0.450. The van der Waals surface area contributed by atoms with Gasteiger partial charge < -0.3 is 31.4 Å². The van der Waals surface area contributed by atoms with Crippen molar-refractivity contribution in [3.05, 3.63) is 81.8 Å². The quantitative estimate of drug-likeness (QED) is 0.298. The molecular weight excluding hydrogens is 469 g/mol. The Hall–Kier alpha value is -3.46. The molecule has 10 heteroatoms. The Morgan fingerprint density at radius 2 is 1.64 bits per heavy atom. The minimum absolute atomic E-state index is 0.0171. The Bertz CT molecular complexity index is 1090. The molecule has 0 aliphatic rings. The van der Waals surface area contributed by atoms with Crippen LogP contribution >= 0.6 is 23.2 Å². The lowest BCUT2D eigenvalue weighted by Crippen LogP contribution is -2.13. The van der Waals surface area contributed by atoms with E-state index >= 15 is 0 Å². The van der Waals surface area contributed by atoms with Gasteiger partial charge in [-0.2, -0.15) is 0 Å². The second-order valence-electron chi connectivity index (χ2n) is 6.52. The Kier molecular flexibility index (Phi) is 9.81. The molecule has 0 atom stereocenters. The second kappa shape index (κ2) is 12.5. The lowest BCUT2D eigenvalue weighted by Gasteiger charge is -2.11. The summed E-state index contributed by atoms with van der Waals surface area (Å²) in [6, 6.07) is 16.2. The summed E-state index contributed by atoms with van der Waals surface area (Å²) >= 11 is 11.7. The Balaban J connectivity index is 0.000000257. The van der Waals surface area contributed by atoms with Crippen molar-refractivity contribution in [1.82, 2.24) is 0 Å². The molecule has 0 aliphatic heterocycles. The first kappa shape index (κ1) is 25.8. The maximum atomic E-state index is 12.2. The molecule has 0 fully saturated rings. The van der Waals surface area contributed by atoms with Gasteiger partial charge in [0.05, 0.1) is 35.6 Å². The van der Waals surface area contributed by atoms with Crippen LogP contribution in [-0.4, -0.2) is 37.3 Å². The van der Waals surface area contributed by atoms with Crippen molar-refractivity contribution >= 4 is 52.1 Å². The first-order valence-electron chi connectivity index (χ1n) is 9.58. The van der Waals surface area contributed by atoms with Gasteiger partial charge in [0.1, 0.15) is 12.4 Å². The van der Waals surface area contributed by atoms with E-state index in [0.717, 1.165) is 0 Å². The molecule has 3 rings (SSSR count). The van der Waals surface area contributed by atoms with Gasteiger partial charge in [-0.05, 0) is 54.6 Å². The maximum Gasteiger partial charge on any atom is 0.338 e. The van der Waals surface area contributed by atoms with Gasteiger partial charge in [0, 0.05) is 22.5 Å². The van der Waals surface area contributed by atoms with Gasteiger partial charge in [-0.25, -0.2) is 4.79 Å². The number of carbonyl (C=O) groups excluding carboxylic acids is 2. The van der Waals surface area contributed by atoms with Crippen LogP contribution in [0.1, 0.15) is 20.7 Å². The standard InChI is InChI=1S/C14H12Cl2N2O2.C9H11NO3/c1-20-13-7-12(17)11(16)6-10(13)14(19)18-9-4-2-8(15)3-5-9;10-8-3-1-7(2-4-8)9(12)13-6-5-11/h2-7H,17H2,1H3,(H,18,19);1-4,11H,5-6,10H2. The van der Waals surface area contributed by atoms with Crippen LogP contribution in [0.3, 0.4) is 0 Å². The molecule has 1 amide bonds. The predicted octanol–water partition coefficient (Wildman–Crippen LogP) is 4.25. The average molecular weight is 492 g/mol. The number of nitrogens with one attached hydrogen (secondary N) is 1. The van der Waals surface area contributed by atoms with Gasteiger partial charge >= 0.3 is 5.97 Å². The van der Waals surface area contributed by atoms with Gasteiger partial charge in [0.15, 0.2) is 0 Å². The molecule has 6 N–H and O–H groups in total. The van der Waals surface area contributed by atoms with Gasteiger partial charge in [0.25, 0.3) is 5.91 Å². The minimum Gasteiger partial charge on any atom is -0.496 e. The first-order chi connectivity index (χ1) is 15.7. The number of benzene rings is 3. The number of methoxy groups -OCH3 is 1. The molecule has 0 saturated carbocycles. The number of hydrogen-bond donors (Lipinski definition) is 4. The lowest BCUT2D eigenvalue weighted by molar-refractivity contribution is 0.0433.